The second-order valence-corrected chi connectivity index (χ2v) is 8.59. The van der Waals surface area contributed by atoms with Crippen LogP contribution in [-0.2, 0) is 4.79 Å². The van der Waals surface area contributed by atoms with Crippen molar-refractivity contribution in [3.63, 3.8) is 0 Å². The van der Waals surface area contributed by atoms with E-state index in [0.717, 1.165) is 24.3 Å². The molecule has 2 aromatic rings. The molecule has 0 heterocycles. The van der Waals surface area contributed by atoms with Gasteiger partial charge in [-0.1, -0.05) is 39.8 Å². The zero-order valence-corrected chi connectivity index (χ0v) is 19.4. The number of amides is 1. The van der Waals surface area contributed by atoms with Gasteiger partial charge in [0.1, 0.15) is 5.75 Å². The number of anilines is 1. The summed E-state index contributed by atoms with van der Waals surface area (Å²) in [5.41, 5.74) is 4.84. The number of nitrogens with zero attached hydrogens (tertiary/aromatic N) is 3. The number of carbonyl (C=O) groups excluding carboxylic acids is 1. The lowest BCUT2D eigenvalue weighted by Gasteiger charge is -2.29. The Morgan fingerprint density at radius 2 is 1.84 bits per heavy atom. The van der Waals surface area contributed by atoms with Crippen LogP contribution in [0.4, 0.5) is 11.4 Å². The van der Waals surface area contributed by atoms with Crippen molar-refractivity contribution in [3.8, 4) is 5.75 Å². The lowest BCUT2D eigenvalue weighted by molar-refractivity contribution is -0.384. The molecule has 2 rings (SSSR count). The van der Waals surface area contributed by atoms with Crippen LogP contribution in [0.2, 0.25) is 0 Å². The number of non-ortho nitro benzene ring substituents is 1. The third-order valence-electron chi connectivity index (χ3n) is 4.49. The molecule has 0 aliphatic rings. The second-order valence-electron chi connectivity index (χ2n) is 8.59. The van der Waals surface area contributed by atoms with Crippen LogP contribution >= 0.6 is 0 Å². The molecular weight excluding hydrogens is 408 g/mol. The number of nitro groups is 1. The van der Waals surface area contributed by atoms with Crippen molar-refractivity contribution >= 4 is 23.5 Å². The van der Waals surface area contributed by atoms with Crippen molar-refractivity contribution in [2.75, 3.05) is 24.6 Å². The summed E-state index contributed by atoms with van der Waals surface area (Å²) in [7, 11) is 0. The van der Waals surface area contributed by atoms with Gasteiger partial charge in [-0.05, 0) is 42.5 Å². The smallest absolute Gasteiger partial charge is 0.277 e. The molecule has 1 N–H and O–H groups in total. The summed E-state index contributed by atoms with van der Waals surface area (Å²) in [6, 6.07) is 12.1. The van der Waals surface area contributed by atoms with Crippen LogP contribution in [0, 0.1) is 28.9 Å². The van der Waals surface area contributed by atoms with Crippen LogP contribution in [0.15, 0.2) is 47.6 Å². The fourth-order valence-electron chi connectivity index (χ4n) is 3.26. The average Bonchev–Trinajstić information content (AvgIpc) is 2.71. The quantitative estimate of drug-likeness (QED) is 0.314. The predicted octanol–water partition coefficient (Wildman–Crippen LogP) is 4.55. The maximum Gasteiger partial charge on any atom is 0.277 e. The molecule has 1 amide bonds. The fraction of sp³-hybridized carbons (Fsp3) is 0.417. The van der Waals surface area contributed by atoms with Crippen molar-refractivity contribution in [1.29, 1.82) is 0 Å². The van der Waals surface area contributed by atoms with E-state index in [2.05, 4.69) is 43.1 Å². The highest BCUT2D eigenvalue weighted by atomic mass is 16.6. The van der Waals surface area contributed by atoms with Crippen molar-refractivity contribution in [3.05, 3.63) is 63.7 Å². The molecule has 0 saturated heterocycles. The van der Waals surface area contributed by atoms with E-state index in [1.165, 1.54) is 18.3 Å². The fourth-order valence-corrected chi connectivity index (χ4v) is 3.26. The minimum Gasteiger partial charge on any atom is -0.484 e. The normalized spacial score (nSPS) is 11.2. The zero-order chi connectivity index (χ0) is 23.7. The number of nitro benzene ring substituents is 1. The first-order valence-electron chi connectivity index (χ1n) is 10.7. The molecular formula is C24H32N4O4. The largest absolute Gasteiger partial charge is 0.484 e. The van der Waals surface area contributed by atoms with E-state index in [1.54, 1.807) is 12.1 Å². The monoisotopic (exact) mass is 440 g/mol. The summed E-state index contributed by atoms with van der Waals surface area (Å²) in [6.45, 7) is 11.9. The number of carbonyl (C=O) groups is 1. The molecule has 8 heteroatoms. The minimum absolute atomic E-state index is 0.0293. The Balaban J connectivity index is 2.16. The number of nitrogens with one attached hydrogen (secondary N) is 1. The summed E-state index contributed by atoms with van der Waals surface area (Å²) in [5, 5.41) is 15.3. The molecule has 0 bridgehead atoms. The van der Waals surface area contributed by atoms with Crippen molar-refractivity contribution in [2.45, 2.75) is 34.6 Å². The maximum absolute atomic E-state index is 12.1. The topological polar surface area (TPSA) is 97.1 Å². The summed E-state index contributed by atoms with van der Waals surface area (Å²) in [5.74, 6) is 0.999. The molecule has 172 valence electrons. The molecule has 0 fully saturated rings. The van der Waals surface area contributed by atoms with Crippen molar-refractivity contribution < 1.29 is 14.5 Å². The van der Waals surface area contributed by atoms with Gasteiger partial charge in [-0.2, -0.15) is 5.10 Å². The van der Waals surface area contributed by atoms with Gasteiger partial charge in [-0.25, -0.2) is 5.43 Å². The summed E-state index contributed by atoms with van der Waals surface area (Å²) in [6.07, 6.45) is 1.44. The van der Waals surface area contributed by atoms with Gasteiger partial charge in [0.05, 0.1) is 11.1 Å². The molecule has 0 unspecified atom stereocenters. The van der Waals surface area contributed by atoms with Gasteiger partial charge in [0.2, 0.25) is 0 Å². The Hall–Kier alpha value is -3.42. The Morgan fingerprint density at radius 3 is 2.44 bits per heavy atom. The van der Waals surface area contributed by atoms with Crippen LogP contribution in [-0.4, -0.2) is 36.7 Å². The van der Waals surface area contributed by atoms with Crippen LogP contribution < -0.4 is 15.1 Å². The maximum atomic E-state index is 12.1. The SMILES string of the molecule is Cc1cccc(OCC(=O)NN=Cc2cc([N+](=O)[O-])ccc2N(CC(C)C)CC(C)C)c1. The van der Waals surface area contributed by atoms with Gasteiger partial charge in [0.25, 0.3) is 11.6 Å². The van der Waals surface area contributed by atoms with Crippen LogP contribution in [0.1, 0.15) is 38.8 Å². The highest BCUT2D eigenvalue weighted by Crippen LogP contribution is 2.26. The van der Waals surface area contributed by atoms with E-state index >= 15 is 0 Å². The number of benzene rings is 2. The third-order valence-corrected chi connectivity index (χ3v) is 4.49. The third kappa shape index (κ3) is 8.02. The lowest BCUT2D eigenvalue weighted by Crippen LogP contribution is -2.32. The van der Waals surface area contributed by atoms with E-state index in [-0.39, 0.29) is 12.3 Å². The molecule has 0 saturated carbocycles. The van der Waals surface area contributed by atoms with Gasteiger partial charge in [0.15, 0.2) is 6.61 Å². The summed E-state index contributed by atoms with van der Waals surface area (Å²) < 4.78 is 5.47. The molecule has 8 nitrogen and oxygen atoms in total. The Morgan fingerprint density at radius 1 is 1.16 bits per heavy atom. The first-order chi connectivity index (χ1) is 15.2. The summed E-state index contributed by atoms with van der Waals surface area (Å²) in [4.78, 5) is 25.1. The van der Waals surface area contributed by atoms with E-state index < -0.39 is 10.8 Å². The van der Waals surface area contributed by atoms with E-state index in [0.29, 0.717) is 23.1 Å². The standard InChI is InChI=1S/C24H32N4O4/c1-17(2)14-27(15-18(3)4)23-10-9-21(28(30)31)12-20(23)13-25-26-24(29)16-32-22-8-6-7-19(5)11-22/h6-13,17-18H,14-16H2,1-5H3,(H,26,29). The average molecular weight is 441 g/mol. The lowest BCUT2D eigenvalue weighted by atomic mass is 10.1. The molecule has 0 spiro atoms. The number of hydrogen-bond donors (Lipinski definition) is 1. The van der Waals surface area contributed by atoms with Gasteiger partial charge in [-0.3, -0.25) is 14.9 Å². The molecule has 0 aliphatic heterocycles. The number of rotatable bonds is 11. The molecule has 2 aromatic carbocycles. The van der Waals surface area contributed by atoms with E-state index in [1.807, 2.05) is 25.1 Å². The second kappa shape index (κ2) is 11.8. The van der Waals surface area contributed by atoms with Crippen LogP contribution in [0.25, 0.3) is 0 Å². The van der Waals surface area contributed by atoms with Crippen LogP contribution in [0.5, 0.6) is 5.75 Å². The van der Waals surface area contributed by atoms with Gasteiger partial charge in [0, 0.05) is 36.5 Å². The highest BCUT2D eigenvalue weighted by molar-refractivity contribution is 5.90. The van der Waals surface area contributed by atoms with Crippen molar-refractivity contribution in [1.82, 2.24) is 5.43 Å². The zero-order valence-electron chi connectivity index (χ0n) is 19.4. The Kier molecular flexibility index (Phi) is 9.19. The Bertz CT molecular complexity index is 947. The molecule has 32 heavy (non-hydrogen) atoms. The number of aryl methyl sites for hydroxylation is 1. The molecule has 0 radical (unpaired) electrons. The number of hydrazone groups is 1. The van der Waals surface area contributed by atoms with Gasteiger partial charge in [-0.15, -0.1) is 0 Å². The first-order valence-corrected chi connectivity index (χ1v) is 10.7. The van der Waals surface area contributed by atoms with E-state index in [9.17, 15) is 14.9 Å². The first kappa shape index (κ1) is 24.8. The highest BCUT2D eigenvalue weighted by Gasteiger charge is 2.17. The van der Waals surface area contributed by atoms with Gasteiger partial charge < -0.3 is 9.64 Å². The van der Waals surface area contributed by atoms with Crippen molar-refractivity contribution in [2.24, 2.45) is 16.9 Å². The number of hydrogen-bond acceptors (Lipinski definition) is 6. The summed E-state index contributed by atoms with van der Waals surface area (Å²) >= 11 is 0. The Labute approximate surface area is 189 Å². The number of ether oxygens (including phenoxy) is 1. The van der Waals surface area contributed by atoms with Gasteiger partial charge >= 0.3 is 0 Å². The predicted molar refractivity (Wildman–Crippen MR) is 127 cm³/mol. The molecule has 0 aromatic heterocycles. The molecule has 0 atom stereocenters. The minimum atomic E-state index is -0.440. The van der Waals surface area contributed by atoms with Crippen LogP contribution in [0.3, 0.4) is 0 Å². The molecule has 0 aliphatic carbocycles. The van der Waals surface area contributed by atoms with E-state index in [4.69, 9.17) is 4.74 Å².